The molecule has 0 fully saturated rings. The summed E-state index contributed by atoms with van der Waals surface area (Å²) in [5, 5.41) is 32.9. The average Bonchev–Trinajstić information content (AvgIpc) is 2.63. The van der Waals surface area contributed by atoms with Gasteiger partial charge in [0.15, 0.2) is 0 Å². The minimum absolute atomic E-state index is 0. The molecule has 3 aromatic rings. The predicted octanol–water partition coefficient (Wildman–Crippen LogP) is 4.13. The minimum Gasteiger partial charge on any atom is -0.872 e. The summed E-state index contributed by atoms with van der Waals surface area (Å²) in [6.45, 7) is 11.0. The van der Waals surface area contributed by atoms with E-state index < -0.39 is 0 Å². The summed E-state index contributed by atoms with van der Waals surface area (Å²) >= 11 is 0. The van der Waals surface area contributed by atoms with Gasteiger partial charge in [0.25, 0.3) is 0 Å². The summed E-state index contributed by atoms with van der Waals surface area (Å²) in [6.07, 6.45) is 0. The molecule has 0 aliphatic rings. The third-order valence-electron chi connectivity index (χ3n) is 4.23. The molecule has 4 heteroatoms. The Kier molecular flexibility index (Phi) is 11.3. The standard InChI is InChI=1S/3C8H10O.Ta/c3*1-6-4-3-5-7(2)8(6)9;/h3*3-5,9H,1-2H3;/p-3. The maximum atomic E-state index is 11.0. The van der Waals surface area contributed by atoms with E-state index >= 15 is 0 Å². The Morgan fingerprint density at radius 3 is 0.643 bits per heavy atom. The number of hydrogen-bond donors (Lipinski definition) is 0. The smallest absolute Gasteiger partial charge is 0 e. The number of rotatable bonds is 0. The average molecular weight is 544 g/mol. The molecule has 0 unspecified atom stereocenters. The van der Waals surface area contributed by atoms with Crippen molar-refractivity contribution in [1.82, 2.24) is 0 Å². The molecule has 0 N–H and O–H groups in total. The Bertz CT molecular complexity index is 711. The molecule has 0 aromatic heterocycles. The molecule has 3 nitrogen and oxygen atoms in total. The van der Waals surface area contributed by atoms with Gasteiger partial charge in [0.2, 0.25) is 0 Å². The third-order valence-corrected chi connectivity index (χ3v) is 4.23. The van der Waals surface area contributed by atoms with Crippen LogP contribution in [0, 0.1) is 41.5 Å². The number of benzene rings is 3. The van der Waals surface area contributed by atoms with Gasteiger partial charge in [-0.25, -0.2) is 0 Å². The topological polar surface area (TPSA) is 69.2 Å². The fourth-order valence-corrected chi connectivity index (χ4v) is 2.40. The molecule has 149 valence electrons. The normalized spacial score (nSPS) is 9.21. The van der Waals surface area contributed by atoms with Crippen LogP contribution < -0.4 is 15.3 Å². The van der Waals surface area contributed by atoms with Gasteiger partial charge >= 0.3 is 0 Å². The van der Waals surface area contributed by atoms with Crippen molar-refractivity contribution in [3.63, 3.8) is 0 Å². The molecule has 0 saturated heterocycles. The van der Waals surface area contributed by atoms with E-state index in [0.29, 0.717) is 0 Å². The summed E-state index contributed by atoms with van der Waals surface area (Å²) < 4.78 is 0. The molecular weight excluding hydrogens is 517 g/mol. The van der Waals surface area contributed by atoms with Gasteiger partial charge in [-0.1, -0.05) is 88.0 Å². The molecule has 3 aromatic carbocycles. The molecule has 0 saturated carbocycles. The van der Waals surface area contributed by atoms with Crippen LogP contribution in [0.4, 0.5) is 0 Å². The Hall–Kier alpha value is -2.20. The number of hydrogen-bond acceptors (Lipinski definition) is 3. The molecule has 3 rings (SSSR count). The largest absolute Gasteiger partial charge is 0.872 e. The second kappa shape index (κ2) is 12.3. The molecule has 0 heterocycles. The number of aryl methyl sites for hydroxylation is 6. The molecule has 0 spiro atoms. The van der Waals surface area contributed by atoms with Crippen molar-refractivity contribution >= 4 is 0 Å². The Labute approximate surface area is 184 Å². The second-order valence-electron chi connectivity index (χ2n) is 6.66. The molecule has 28 heavy (non-hydrogen) atoms. The molecular formula is C24H27O3Ta-3. The fourth-order valence-electron chi connectivity index (χ4n) is 2.40. The second-order valence-corrected chi connectivity index (χ2v) is 6.66. The number of para-hydroxylation sites is 3. The van der Waals surface area contributed by atoms with E-state index in [9.17, 15) is 15.3 Å². The van der Waals surface area contributed by atoms with Gasteiger partial charge in [-0.2, -0.15) is 0 Å². The van der Waals surface area contributed by atoms with E-state index in [0.717, 1.165) is 33.4 Å². The van der Waals surface area contributed by atoms with E-state index in [1.54, 1.807) is 0 Å². The summed E-state index contributed by atoms with van der Waals surface area (Å²) in [5.41, 5.74) is 4.97. The van der Waals surface area contributed by atoms with E-state index in [4.69, 9.17) is 0 Å². The molecule has 0 aliphatic carbocycles. The summed E-state index contributed by atoms with van der Waals surface area (Å²) in [6, 6.07) is 16.7. The Morgan fingerprint density at radius 2 is 0.536 bits per heavy atom. The summed E-state index contributed by atoms with van der Waals surface area (Å²) in [7, 11) is 0. The van der Waals surface area contributed by atoms with Crippen LogP contribution in [0.15, 0.2) is 54.6 Å². The van der Waals surface area contributed by atoms with Crippen molar-refractivity contribution in [3.8, 4) is 17.2 Å². The van der Waals surface area contributed by atoms with Crippen molar-refractivity contribution in [2.75, 3.05) is 0 Å². The monoisotopic (exact) mass is 544 g/mol. The molecule has 0 aliphatic heterocycles. The van der Waals surface area contributed by atoms with Gasteiger partial charge in [0, 0.05) is 22.4 Å². The molecule has 0 bridgehead atoms. The first-order chi connectivity index (χ1) is 12.6. The van der Waals surface area contributed by atoms with Crippen LogP contribution in [0.1, 0.15) is 33.4 Å². The van der Waals surface area contributed by atoms with Gasteiger partial charge < -0.3 is 15.3 Å². The van der Waals surface area contributed by atoms with Crippen LogP contribution in [0.2, 0.25) is 0 Å². The van der Waals surface area contributed by atoms with Gasteiger partial charge in [-0.15, -0.1) is 17.2 Å². The maximum Gasteiger partial charge on any atom is 0 e. The molecule has 0 atom stereocenters. The van der Waals surface area contributed by atoms with Crippen LogP contribution in [0.5, 0.6) is 17.2 Å². The van der Waals surface area contributed by atoms with Crippen molar-refractivity contribution in [2.45, 2.75) is 41.5 Å². The van der Waals surface area contributed by atoms with Crippen molar-refractivity contribution in [3.05, 3.63) is 88.0 Å². The van der Waals surface area contributed by atoms with Gasteiger partial charge in [-0.05, 0) is 41.5 Å². The first kappa shape index (κ1) is 25.8. The zero-order chi connectivity index (χ0) is 20.6. The predicted molar refractivity (Wildman–Crippen MR) is 106 cm³/mol. The van der Waals surface area contributed by atoms with Crippen LogP contribution in [-0.4, -0.2) is 0 Å². The van der Waals surface area contributed by atoms with Crippen LogP contribution in [0.25, 0.3) is 0 Å². The van der Waals surface area contributed by atoms with E-state index in [-0.39, 0.29) is 39.6 Å². The summed E-state index contributed by atoms with van der Waals surface area (Å²) in [5.74, 6) is 0.493. The quantitative estimate of drug-likeness (QED) is 0.428. The zero-order valence-corrected chi connectivity index (χ0v) is 20.6. The zero-order valence-electron chi connectivity index (χ0n) is 17.4. The van der Waals surface area contributed by atoms with Gasteiger partial charge in [0.05, 0.1) is 0 Å². The first-order valence-corrected chi connectivity index (χ1v) is 8.84. The van der Waals surface area contributed by atoms with Crippen molar-refractivity contribution < 1.29 is 37.7 Å². The van der Waals surface area contributed by atoms with Crippen LogP contribution >= 0.6 is 0 Å². The van der Waals surface area contributed by atoms with E-state index in [1.807, 2.05) is 96.1 Å². The van der Waals surface area contributed by atoms with Gasteiger partial charge in [0.1, 0.15) is 0 Å². The van der Waals surface area contributed by atoms with Crippen molar-refractivity contribution in [2.24, 2.45) is 0 Å². The minimum atomic E-state index is 0. The van der Waals surface area contributed by atoms with Crippen LogP contribution in [-0.2, 0) is 22.4 Å². The van der Waals surface area contributed by atoms with E-state index in [2.05, 4.69) is 0 Å². The Morgan fingerprint density at radius 1 is 0.393 bits per heavy atom. The Balaban J connectivity index is 0.000000384. The summed E-state index contributed by atoms with van der Waals surface area (Å²) in [4.78, 5) is 0. The van der Waals surface area contributed by atoms with Crippen LogP contribution in [0.3, 0.4) is 0 Å². The third kappa shape index (κ3) is 7.81. The SMILES string of the molecule is Cc1cccc(C)c1[O-].Cc1cccc(C)c1[O-].Cc1cccc(C)c1[O-].[Ta]. The molecule has 1 radical (unpaired) electrons. The van der Waals surface area contributed by atoms with Gasteiger partial charge in [-0.3, -0.25) is 0 Å². The fraction of sp³-hybridized carbons (Fsp3) is 0.250. The van der Waals surface area contributed by atoms with Crippen molar-refractivity contribution in [1.29, 1.82) is 0 Å². The maximum absolute atomic E-state index is 11.0. The first-order valence-electron chi connectivity index (χ1n) is 8.84. The van der Waals surface area contributed by atoms with E-state index in [1.165, 1.54) is 0 Å². The molecule has 0 amide bonds.